The smallest absolute Gasteiger partial charge is 0.349 e. The monoisotopic (exact) mass is 304 g/mol. The minimum absolute atomic E-state index is 0.103. The highest BCUT2D eigenvalue weighted by Gasteiger charge is 2.47. The van der Waals surface area contributed by atoms with Crippen LogP contribution in [0.4, 0.5) is 17.6 Å². The van der Waals surface area contributed by atoms with Crippen molar-refractivity contribution in [3.63, 3.8) is 0 Å². The summed E-state index contributed by atoms with van der Waals surface area (Å²) in [4.78, 5) is 12.0. The Kier molecular flexibility index (Phi) is 3.73. The van der Waals surface area contributed by atoms with E-state index in [2.05, 4.69) is 5.32 Å². The molecular formula is C14H16F4N2O. The van der Waals surface area contributed by atoms with Gasteiger partial charge in [-0.2, -0.15) is 13.2 Å². The summed E-state index contributed by atoms with van der Waals surface area (Å²) in [5.41, 5.74) is 3.76. The van der Waals surface area contributed by atoms with Gasteiger partial charge in [0, 0.05) is 17.5 Å². The maximum Gasteiger partial charge on any atom is 0.416 e. The highest BCUT2D eigenvalue weighted by molar-refractivity contribution is 5.95. The van der Waals surface area contributed by atoms with Crippen LogP contribution < -0.4 is 11.1 Å². The Labute approximate surface area is 119 Å². The third kappa shape index (κ3) is 2.88. The quantitative estimate of drug-likeness (QED) is 0.825. The first-order valence-electron chi connectivity index (χ1n) is 6.46. The first kappa shape index (κ1) is 15.8. The molecule has 7 heteroatoms. The van der Waals surface area contributed by atoms with Crippen molar-refractivity contribution in [2.45, 2.75) is 38.5 Å². The highest BCUT2D eigenvalue weighted by Crippen LogP contribution is 2.39. The van der Waals surface area contributed by atoms with Crippen molar-refractivity contribution in [3.05, 3.63) is 35.1 Å². The van der Waals surface area contributed by atoms with Crippen molar-refractivity contribution in [1.82, 2.24) is 5.32 Å². The van der Waals surface area contributed by atoms with E-state index in [1.165, 1.54) is 0 Å². The van der Waals surface area contributed by atoms with Gasteiger partial charge in [0.25, 0.3) is 5.91 Å². The van der Waals surface area contributed by atoms with Crippen LogP contribution in [0, 0.1) is 11.2 Å². The van der Waals surface area contributed by atoms with Gasteiger partial charge in [-0.05, 0) is 24.6 Å². The summed E-state index contributed by atoms with van der Waals surface area (Å²) in [5.74, 6) is -1.84. The number of hydrogen-bond donors (Lipinski definition) is 2. The number of carbonyl (C=O) groups is 1. The first-order chi connectivity index (χ1) is 9.53. The summed E-state index contributed by atoms with van der Waals surface area (Å²) in [6, 6.07) is 1.39. The van der Waals surface area contributed by atoms with E-state index in [1.807, 2.05) is 13.8 Å². The molecule has 3 N–H and O–H groups in total. The van der Waals surface area contributed by atoms with Gasteiger partial charge in [-0.15, -0.1) is 0 Å². The molecule has 0 aromatic heterocycles. The number of benzene rings is 1. The second-order valence-corrected chi connectivity index (χ2v) is 5.88. The third-order valence-electron chi connectivity index (χ3n) is 4.19. The summed E-state index contributed by atoms with van der Waals surface area (Å²) >= 11 is 0. The van der Waals surface area contributed by atoms with Crippen molar-refractivity contribution < 1.29 is 22.4 Å². The number of amides is 1. The molecule has 0 heterocycles. The summed E-state index contributed by atoms with van der Waals surface area (Å²) in [6.45, 7) is 3.68. The van der Waals surface area contributed by atoms with Crippen molar-refractivity contribution in [1.29, 1.82) is 0 Å². The minimum atomic E-state index is -4.62. The van der Waals surface area contributed by atoms with Gasteiger partial charge in [0.1, 0.15) is 5.82 Å². The molecule has 1 aromatic carbocycles. The molecule has 1 aromatic rings. The standard InChI is InChI=1S/C14H16F4N2O/c1-13(2)10(19)6-11(13)20-12(21)8-5-7(14(16,17)18)3-4-9(8)15/h3-5,10-11H,6,19H2,1-2H3,(H,20,21). The fourth-order valence-electron chi connectivity index (χ4n) is 2.32. The van der Waals surface area contributed by atoms with Crippen LogP contribution in [0.5, 0.6) is 0 Å². The SMILES string of the molecule is CC1(C)C(N)CC1NC(=O)c1cc(C(F)(F)F)ccc1F. The molecular weight excluding hydrogens is 288 g/mol. The number of alkyl halides is 3. The lowest BCUT2D eigenvalue weighted by molar-refractivity contribution is -0.137. The zero-order valence-corrected chi connectivity index (χ0v) is 11.6. The molecule has 0 radical (unpaired) electrons. The molecule has 1 fully saturated rings. The molecule has 1 amide bonds. The normalized spacial score (nSPS) is 24.3. The van der Waals surface area contributed by atoms with E-state index in [0.717, 1.165) is 0 Å². The summed E-state index contributed by atoms with van der Waals surface area (Å²) < 4.78 is 51.4. The summed E-state index contributed by atoms with van der Waals surface area (Å²) in [5, 5.41) is 2.55. The predicted octanol–water partition coefficient (Wildman–Crippen LogP) is 2.70. The lowest BCUT2D eigenvalue weighted by atomic mass is 9.63. The Balaban J connectivity index is 2.20. The molecule has 0 aliphatic heterocycles. The highest BCUT2D eigenvalue weighted by atomic mass is 19.4. The van der Waals surface area contributed by atoms with E-state index in [4.69, 9.17) is 5.73 Å². The van der Waals surface area contributed by atoms with E-state index in [0.29, 0.717) is 24.6 Å². The molecule has 1 aliphatic rings. The molecule has 0 bridgehead atoms. The van der Waals surface area contributed by atoms with E-state index in [9.17, 15) is 22.4 Å². The van der Waals surface area contributed by atoms with E-state index in [1.54, 1.807) is 0 Å². The number of nitrogens with one attached hydrogen (secondary N) is 1. The third-order valence-corrected chi connectivity index (χ3v) is 4.19. The average Bonchev–Trinajstić information content (AvgIpc) is 2.37. The van der Waals surface area contributed by atoms with Gasteiger partial charge >= 0.3 is 6.18 Å². The van der Waals surface area contributed by atoms with Crippen LogP contribution in [0.2, 0.25) is 0 Å². The average molecular weight is 304 g/mol. The Morgan fingerprint density at radius 1 is 1.38 bits per heavy atom. The molecule has 1 aliphatic carbocycles. The topological polar surface area (TPSA) is 55.1 Å². The maximum atomic E-state index is 13.6. The Morgan fingerprint density at radius 3 is 2.48 bits per heavy atom. The van der Waals surface area contributed by atoms with Crippen LogP contribution >= 0.6 is 0 Å². The van der Waals surface area contributed by atoms with Crippen molar-refractivity contribution in [3.8, 4) is 0 Å². The summed E-state index contributed by atoms with van der Waals surface area (Å²) in [7, 11) is 0. The van der Waals surface area contributed by atoms with Crippen LogP contribution in [-0.4, -0.2) is 18.0 Å². The molecule has 116 valence electrons. The van der Waals surface area contributed by atoms with Gasteiger partial charge in [0.05, 0.1) is 11.1 Å². The number of hydrogen-bond acceptors (Lipinski definition) is 2. The van der Waals surface area contributed by atoms with Gasteiger partial charge in [0.2, 0.25) is 0 Å². The van der Waals surface area contributed by atoms with E-state index >= 15 is 0 Å². The Hall–Kier alpha value is -1.63. The van der Waals surface area contributed by atoms with Crippen molar-refractivity contribution in [2.75, 3.05) is 0 Å². The van der Waals surface area contributed by atoms with Gasteiger partial charge in [-0.25, -0.2) is 4.39 Å². The summed E-state index contributed by atoms with van der Waals surface area (Å²) in [6.07, 6.45) is -4.11. The molecule has 1 saturated carbocycles. The van der Waals surface area contributed by atoms with E-state index in [-0.39, 0.29) is 17.5 Å². The van der Waals surface area contributed by atoms with Crippen LogP contribution in [0.3, 0.4) is 0 Å². The zero-order chi connectivity index (χ0) is 16.0. The number of carbonyl (C=O) groups excluding carboxylic acids is 1. The van der Waals surface area contributed by atoms with Gasteiger partial charge in [0.15, 0.2) is 0 Å². The van der Waals surface area contributed by atoms with Crippen LogP contribution in [0.1, 0.15) is 36.2 Å². The Morgan fingerprint density at radius 2 is 2.00 bits per heavy atom. The lowest BCUT2D eigenvalue weighted by Gasteiger charge is -2.50. The first-order valence-corrected chi connectivity index (χ1v) is 6.46. The van der Waals surface area contributed by atoms with Gasteiger partial charge in [-0.3, -0.25) is 4.79 Å². The van der Waals surface area contributed by atoms with Crippen LogP contribution in [0.25, 0.3) is 0 Å². The molecule has 0 spiro atoms. The number of nitrogens with two attached hydrogens (primary N) is 1. The molecule has 2 unspecified atom stereocenters. The molecule has 2 rings (SSSR count). The fraction of sp³-hybridized carbons (Fsp3) is 0.500. The molecule has 21 heavy (non-hydrogen) atoms. The van der Waals surface area contributed by atoms with E-state index < -0.39 is 29.0 Å². The molecule has 0 saturated heterocycles. The number of halogens is 4. The second kappa shape index (κ2) is 4.98. The van der Waals surface area contributed by atoms with Gasteiger partial charge in [-0.1, -0.05) is 13.8 Å². The fourth-order valence-corrected chi connectivity index (χ4v) is 2.32. The lowest BCUT2D eigenvalue weighted by Crippen LogP contribution is -2.64. The van der Waals surface area contributed by atoms with Crippen molar-refractivity contribution >= 4 is 5.91 Å². The largest absolute Gasteiger partial charge is 0.416 e. The zero-order valence-electron chi connectivity index (χ0n) is 11.6. The number of rotatable bonds is 2. The van der Waals surface area contributed by atoms with Gasteiger partial charge < -0.3 is 11.1 Å². The minimum Gasteiger partial charge on any atom is -0.349 e. The van der Waals surface area contributed by atoms with Crippen LogP contribution in [-0.2, 0) is 6.18 Å². The predicted molar refractivity (Wildman–Crippen MR) is 69.0 cm³/mol. The van der Waals surface area contributed by atoms with Crippen molar-refractivity contribution in [2.24, 2.45) is 11.1 Å². The molecule has 2 atom stereocenters. The Bertz CT molecular complexity index is 569. The molecule has 3 nitrogen and oxygen atoms in total. The second-order valence-electron chi connectivity index (χ2n) is 5.88. The van der Waals surface area contributed by atoms with Crippen LogP contribution in [0.15, 0.2) is 18.2 Å². The maximum absolute atomic E-state index is 13.6.